The Balaban J connectivity index is 1.77. The highest BCUT2D eigenvalue weighted by Crippen LogP contribution is 2.13. The Labute approximate surface area is 173 Å². The van der Waals surface area contributed by atoms with Gasteiger partial charge in [-0.3, -0.25) is 4.79 Å². The van der Waals surface area contributed by atoms with E-state index in [0.717, 1.165) is 24.2 Å². The Bertz CT molecular complexity index is 845. The Morgan fingerprint density at radius 2 is 2.04 bits per heavy atom. The fourth-order valence-corrected chi connectivity index (χ4v) is 2.74. The number of nitrogens with one attached hydrogen (secondary N) is 1. The van der Waals surface area contributed by atoms with Crippen molar-refractivity contribution in [2.75, 3.05) is 26.9 Å². The van der Waals surface area contributed by atoms with E-state index in [9.17, 15) is 10.1 Å². The van der Waals surface area contributed by atoms with Crippen molar-refractivity contribution in [3.8, 4) is 11.8 Å². The Morgan fingerprint density at radius 3 is 2.71 bits per heavy atom. The van der Waals surface area contributed by atoms with Crippen LogP contribution in [-0.2, 0) is 16.0 Å². The van der Waals surface area contributed by atoms with Crippen LogP contribution >= 0.6 is 15.9 Å². The number of aromatic nitrogens is 1. The minimum absolute atomic E-state index is 0.0307. The van der Waals surface area contributed by atoms with Crippen molar-refractivity contribution >= 4 is 27.9 Å². The maximum atomic E-state index is 12.2. The van der Waals surface area contributed by atoms with E-state index in [1.807, 2.05) is 30.3 Å². The van der Waals surface area contributed by atoms with Gasteiger partial charge in [0.05, 0.1) is 12.3 Å². The molecule has 1 N–H and O–H groups in total. The van der Waals surface area contributed by atoms with Crippen LogP contribution in [-0.4, -0.2) is 37.8 Å². The van der Waals surface area contributed by atoms with E-state index in [2.05, 4.69) is 26.2 Å². The zero-order valence-corrected chi connectivity index (χ0v) is 17.2. The maximum absolute atomic E-state index is 12.2. The van der Waals surface area contributed by atoms with E-state index in [0.29, 0.717) is 30.1 Å². The first-order valence-corrected chi connectivity index (χ1v) is 9.65. The third kappa shape index (κ3) is 7.51. The van der Waals surface area contributed by atoms with Gasteiger partial charge in [-0.25, -0.2) is 4.98 Å². The minimum atomic E-state index is -0.397. The van der Waals surface area contributed by atoms with E-state index >= 15 is 0 Å². The van der Waals surface area contributed by atoms with Crippen LogP contribution in [0.4, 0.5) is 0 Å². The number of benzene rings is 1. The van der Waals surface area contributed by atoms with Gasteiger partial charge in [-0.05, 0) is 64.7 Å². The molecule has 1 heterocycles. The number of nitrogens with zero attached hydrogens (tertiary/aromatic N) is 2. The van der Waals surface area contributed by atoms with Crippen molar-refractivity contribution in [1.82, 2.24) is 10.3 Å². The predicted octanol–water partition coefficient (Wildman–Crippen LogP) is 3.53. The van der Waals surface area contributed by atoms with Gasteiger partial charge < -0.3 is 14.8 Å². The molecule has 1 amide bonds. The molecule has 0 aliphatic heterocycles. The van der Waals surface area contributed by atoms with Crippen molar-refractivity contribution in [2.45, 2.75) is 12.8 Å². The average molecular weight is 444 g/mol. The number of carbonyl (C=O) groups excluding carboxylic acids is 1. The van der Waals surface area contributed by atoms with Crippen molar-refractivity contribution in [3.05, 3.63) is 63.9 Å². The number of rotatable bonds is 10. The summed E-state index contributed by atoms with van der Waals surface area (Å²) in [5, 5.41) is 12.0. The number of aryl methyl sites for hydroxylation is 1. The van der Waals surface area contributed by atoms with E-state index < -0.39 is 5.91 Å². The summed E-state index contributed by atoms with van der Waals surface area (Å²) in [5.74, 6) is 0.408. The summed E-state index contributed by atoms with van der Waals surface area (Å²) < 4.78 is 11.1. The highest BCUT2D eigenvalue weighted by molar-refractivity contribution is 9.10. The number of ether oxygens (including phenoxy) is 2. The number of hydrogen-bond donors (Lipinski definition) is 1. The van der Waals surface area contributed by atoms with Crippen LogP contribution in [0.15, 0.2) is 52.6 Å². The summed E-state index contributed by atoms with van der Waals surface area (Å²) in [6.45, 7) is 1.56. The molecule has 0 atom stereocenters. The number of nitriles is 1. The molecule has 0 spiro atoms. The molecule has 7 heteroatoms. The van der Waals surface area contributed by atoms with Gasteiger partial charge in [0, 0.05) is 13.7 Å². The summed E-state index contributed by atoms with van der Waals surface area (Å²) in [6.07, 6.45) is 3.06. The average Bonchev–Trinajstić information content (AvgIpc) is 2.70. The van der Waals surface area contributed by atoms with Crippen LogP contribution in [0.1, 0.15) is 17.7 Å². The number of pyridine rings is 1. The molecular weight excluding hydrogens is 422 g/mol. The number of hydrogen-bond acceptors (Lipinski definition) is 5. The normalized spacial score (nSPS) is 11.0. The summed E-state index contributed by atoms with van der Waals surface area (Å²) in [7, 11) is 1.64. The molecule has 0 saturated heterocycles. The predicted molar refractivity (Wildman–Crippen MR) is 111 cm³/mol. The van der Waals surface area contributed by atoms with Gasteiger partial charge in [-0.1, -0.05) is 18.2 Å². The van der Waals surface area contributed by atoms with Gasteiger partial charge in [-0.15, -0.1) is 0 Å². The summed E-state index contributed by atoms with van der Waals surface area (Å²) in [6, 6.07) is 15.1. The lowest BCUT2D eigenvalue weighted by Gasteiger charge is -2.07. The molecule has 2 rings (SSSR count). The van der Waals surface area contributed by atoms with Gasteiger partial charge in [0.25, 0.3) is 5.91 Å². The molecule has 2 aromatic rings. The van der Waals surface area contributed by atoms with E-state index in [1.165, 1.54) is 6.08 Å². The van der Waals surface area contributed by atoms with Crippen LogP contribution < -0.4 is 10.1 Å². The summed E-state index contributed by atoms with van der Waals surface area (Å²) in [5.41, 5.74) is 1.74. The van der Waals surface area contributed by atoms with Crippen molar-refractivity contribution in [2.24, 2.45) is 0 Å². The van der Waals surface area contributed by atoms with Gasteiger partial charge in [0.1, 0.15) is 28.6 Å². The Kier molecular flexibility index (Phi) is 9.19. The second-order valence-corrected chi connectivity index (χ2v) is 6.71. The second kappa shape index (κ2) is 11.9. The minimum Gasteiger partial charge on any atom is -0.491 e. The Morgan fingerprint density at radius 1 is 1.25 bits per heavy atom. The lowest BCUT2D eigenvalue weighted by atomic mass is 10.1. The lowest BCUT2D eigenvalue weighted by molar-refractivity contribution is -0.117. The second-order valence-electron chi connectivity index (χ2n) is 5.90. The van der Waals surface area contributed by atoms with Gasteiger partial charge >= 0.3 is 0 Å². The van der Waals surface area contributed by atoms with Crippen molar-refractivity contribution < 1.29 is 14.3 Å². The monoisotopic (exact) mass is 443 g/mol. The molecule has 0 aliphatic carbocycles. The van der Waals surface area contributed by atoms with Crippen LogP contribution in [0.5, 0.6) is 5.75 Å². The van der Waals surface area contributed by atoms with E-state index in [1.54, 1.807) is 25.3 Å². The van der Waals surface area contributed by atoms with E-state index in [-0.39, 0.29) is 5.57 Å². The first kappa shape index (κ1) is 21.6. The van der Waals surface area contributed by atoms with Crippen molar-refractivity contribution in [3.63, 3.8) is 0 Å². The zero-order chi connectivity index (χ0) is 20.2. The molecule has 6 nitrogen and oxygen atoms in total. The van der Waals surface area contributed by atoms with Crippen LogP contribution in [0, 0.1) is 11.3 Å². The zero-order valence-electron chi connectivity index (χ0n) is 15.7. The molecule has 0 unspecified atom stereocenters. The smallest absolute Gasteiger partial charge is 0.262 e. The molecule has 0 radical (unpaired) electrons. The highest BCUT2D eigenvalue weighted by Gasteiger charge is 2.09. The molecule has 0 fully saturated rings. The fourth-order valence-electron chi connectivity index (χ4n) is 2.39. The first-order valence-electron chi connectivity index (χ1n) is 8.85. The van der Waals surface area contributed by atoms with Crippen LogP contribution in [0.3, 0.4) is 0 Å². The topological polar surface area (TPSA) is 84.2 Å². The molecule has 1 aromatic carbocycles. The molecule has 0 saturated carbocycles. The highest BCUT2D eigenvalue weighted by atomic mass is 79.9. The standard InChI is InChI=1S/C21H22BrN3O3/c1-27-12-13-28-19-9-7-16(8-10-19)4-3-11-24-21(26)17(15-23)14-18-5-2-6-20(22)25-18/h2,5-10,14H,3-4,11-13H2,1H3,(H,24,26)/b17-14+. The molecule has 0 bridgehead atoms. The number of amides is 1. The SMILES string of the molecule is COCCOc1ccc(CCCNC(=O)/C(C#N)=C/c2cccc(Br)n2)cc1. The molecule has 146 valence electrons. The molecule has 1 aromatic heterocycles. The summed E-state index contributed by atoms with van der Waals surface area (Å²) >= 11 is 3.27. The molecule has 0 aliphatic rings. The quantitative estimate of drug-likeness (QED) is 0.262. The molecule has 28 heavy (non-hydrogen) atoms. The van der Waals surface area contributed by atoms with Gasteiger partial charge in [0.15, 0.2) is 0 Å². The van der Waals surface area contributed by atoms with Gasteiger partial charge in [-0.2, -0.15) is 5.26 Å². The number of carbonyl (C=O) groups is 1. The van der Waals surface area contributed by atoms with Crippen LogP contribution in [0.25, 0.3) is 6.08 Å². The largest absolute Gasteiger partial charge is 0.491 e. The maximum Gasteiger partial charge on any atom is 0.262 e. The number of halogens is 1. The first-order chi connectivity index (χ1) is 13.6. The molecular formula is C21H22BrN3O3. The van der Waals surface area contributed by atoms with Gasteiger partial charge in [0.2, 0.25) is 0 Å². The van der Waals surface area contributed by atoms with E-state index in [4.69, 9.17) is 9.47 Å². The van der Waals surface area contributed by atoms with Crippen LogP contribution in [0.2, 0.25) is 0 Å². The fraction of sp³-hybridized carbons (Fsp3) is 0.286. The lowest BCUT2D eigenvalue weighted by Crippen LogP contribution is -2.25. The Hall–Kier alpha value is -2.69. The van der Waals surface area contributed by atoms with Crippen molar-refractivity contribution in [1.29, 1.82) is 5.26 Å². The number of methoxy groups -OCH3 is 1. The third-order valence-electron chi connectivity index (χ3n) is 3.80. The third-order valence-corrected chi connectivity index (χ3v) is 4.24. The summed E-state index contributed by atoms with van der Waals surface area (Å²) in [4.78, 5) is 16.4.